The van der Waals surface area contributed by atoms with Gasteiger partial charge in [0.25, 0.3) is 0 Å². The van der Waals surface area contributed by atoms with Crippen molar-refractivity contribution < 1.29 is 23.4 Å². The van der Waals surface area contributed by atoms with Crippen LogP contribution in [0.4, 0.5) is 0 Å². The van der Waals surface area contributed by atoms with Gasteiger partial charge in [-0.2, -0.15) is 0 Å². The lowest BCUT2D eigenvalue weighted by Crippen LogP contribution is -2.47. The molecule has 0 aromatic heterocycles. The molecule has 0 N–H and O–H groups in total. The smallest absolute Gasteiger partial charge is 0.342 e. The van der Waals surface area contributed by atoms with Crippen LogP contribution in [0.2, 0.25) is 16.6 Å². The molecule has 0 aliphatic carbocycles. The van der Waals surface area contributed by atoms with Crippen molar-refractivity contribution >= 4 is 36.9 Å². The SMILES string of the molecule is COC(=O)c1c(I)cc(CO[Si](C(C)C)(C(C)C)C(C)C)c(OCc2ccccc2)c1OC. The fourth-order valence-corrected chi connectivity index (χ4v) is 11.1. The van der Waals surface area contributed by atoms with E-state index in [9.17, 15) is 4.79 Å². The summed E-state index contributed by atoms with van der Waals surface area (Å²) in [5, 5.41) is 0. The predicted octanol–water partition coefficient (Wildman–Crippen LogP) is 7.36. The molecular weight excluding hydrogens is 547 g/mol. The highest BCUT2D eigenvalue weighted by Gasteiger charge is 2.45. The van der Waals surface area contributed by atoms with Crippen molar-refractivity contribution in [3.05, 3.63) is 56.7 Å². The summed E-state index contributed by atoms with van der Waals surface area (Å²) in [5.74, 6) is 0.457. The Morgan fingerprint density at radius 2 is 1.48 bits per heavy atom. The Bertz CT molecular complexity index is 906. The fraction of sp³-hybridized carbons (Fsp3) is 0.500. The van der Waals surface area contributed by atoms with Crippen molar-refractivity contribution in [2.75, 3.05) is 14.2 Å². The number of carbonyl (C=O) groups is 1. The van der Waals surface area contributed by atoms with Crippen LogP contribution in [-0.2, 0) is 22.4 Å². The van der Waals surface area contributed by atoms with Gasteiger partial charge >= 0.3 is 5.97 Å². The van der Waals surface area contributed by atoms with E-state index in [4.69, 9.17) is 18.6 Å². The molecule has 2 aromatic carbocycles. The van der Waals surface area contributed by atoms with Gasteiger partial charge in [0.2, 0.25) is 8.32 Å². The van der Waals surface area contributed by atoms with Gasteiger partial charge < -0.3 is 18.6 Å². The first kappa shape index (κ1) is 27.7. The third-order valence-corrected chi connectivity index (χ3v) is 13.2. The van der Waals surface area contributed by atoms with Crippen LogP contribution in [0.5, 0.6) is 11.5 Å². The van der Waals surface area contributed by atoms with E-state index in [0.717, 1.165) is 14.7 Å². The lowest BCUT2D eigenvalue weighted by molar-refractivity contribution is 0.0594. The molecule has 0 amide bonds. The van der Waals surface area contributed by atoms with Crippen LogP contribution in [0.25, 0.3) is 0 Å². The third kappa shape index (κ3) is 6.11. The van der Waals surface area contributed by atoms with Crippen molar-refractivity contribution in [2.45, 2.75) is 71.4 Å². The van der Waals surface area contributed by atoms with Crippen LogP contribution >= 0.6 is 22.6 Å². The van der Waals surface area contributed by atoms with Crippen LogP contribution in [0, 0.1) is 3.57 Å². The molecule has 0 saturated heterocycles. The topological polar surface area (TPSA) is 54.0 Å². The largest absolute Gasteiger partial charge is 0.492 e. The number of benzene rings is 2. The highest BCUT2D eigenvalue weighted by atomic mass is 127. The molecule has 5 nitrogen and oxygen atoms in total. The van der Waals surface area contributed by atoms with E-state index >= 15 is 0 Å². The molecule has 0 fully saturated rings. The minimum Gasteiger partial charge on any atom is -0.492 e. The lowest BCUT2D eigenvalue weighted by atomic mass is 10.1. The number of methoxy groups -OCH3 is 2. The monoisotopic (exact) mass is 584 g/mol. The van der Waals surface area contributed by atoms with E-state index in [0.29, 0.717) is 46.9 Å². The van der Waals surface area contributed by atoms with Crippen molar-refractivity contribution in [1.82, 2.24) is 0 Å². The molecule has 33 heavy (non-hydrogen) atoms. The Hall–Kier alpha value is -1.58. The average molecular weight is 585 g/mol. The van der Waals surface area contributed by atoms with Crippen LogP contribution < -0.4 is 9.47 Å². The standard InChI is InChI=1S/C26H37IO5Si/c1-17(2)33(18(3)4,19(5)6)32-16-21-14-22(27)23(26(28)30-8)25(29-7)24(21)31-15-20-12-10-9-11-13-20/h9-14,17-19H,15-16H2,1-8H3. The lowest BCUT2D eigenvalue weighted by Gasteiger charge is -2.42. The molecule has 182 valence electrons. The maximum atomic E-state index is 12.5. The van der Waals surface area contributed by atoms with E-state index in [1.807, 2.05) is 36.4 Å². The zero-order valence-electron chi connectivity index (χ0n) is 21.0. The summed E-state index contributed by atoms with van der Waals surface area (Å²) in [4.78, 5) is 12.5. The second kappa shape index (κ2) is 12.2. The van der Waals surface area contributed by atoms with Crippen LogP contribution in [0.15, 0.2) is 36.4 Å². The molecular formula is C26H37IO5Si. The number of hydrogen-bond donors (Lipinski definition) is 0. The number of carbonyl (C=O) groups excluding carboxylic acids is 1. The summed E-state index contributed by atoms with van der Waals surface area (Å²) in [5.41, 5.74) is 3.65. The first-order valence-electron chi connectivity index (χ1n) is 11.4. The van der Waals surface area contributed by atoms with Crippen molar-refractivity contribution in [1.29, 1.82) is 0 Å². The van der Waals surface area contributed by atoms with Gasteiger partial charge in [-0.15, -0.1) is 0 Å². The molecule has 7 heteroatoms. The van der Waals surface area contributed by atoms with Gasteiger partial charge in [0, 0.05) is 9.13 Å². The fourth-order valence-electron chi connectivity index (χ4n) is 4.84. The number of esters is 1. The number of rotatable bonds is 11. The second-order valence-corrected chi connectivity index (χ2v) is 15.7. The van der Waals surface area contributed by atoms with Gasteiger partial charge in [-0.1, -0.05) is 71.9 Å². The van der Waals surface area contributed by atoms with Gasteiger partial charge in [-0.3, -0.25) is 0 Å². The van der Waals surface area contributed by atoms with Crippen molar-refractivity contribution in [3.8, 4) is 11.5 Å². The Morgan fingerprint density at radius 1 is 0.909 bits per heavy atom. The Balaban J connectivity index is 2.55. The molecule has 0 aliphatic rings. The zero-order chi connectivity index (χ0) is 24.8. The van der Waals surface area contributed by atoms with Crippen LogP contribution in [0.3, 0.4) is 0 Å². The third-order valence-electron chi connectivity index (χ3n) is 6.27. The van der Waals surface area contributed by atoms with Gasteiger partial charge in [-0.05, 0) is 50.8 Å². The molecule has 0 spiro atoms. The summed E-state index contributed by atoms with van der Waals surface area (Å²) in [7, 11) is 0.819. The Morgan fingerprint density at radius 3 is 1.97 bits per heavy atom. The first-order valence-corrected chi connectivity index (χ1v) is 14.6. The van der Waals surface area contributed by atoms with Gasteiger partial charge in [-0.25, -0.2) is 4.79 Å². The summed E-state index contributed by atoms with van der Waals surface area (Å²) in [6.45, 7) is 14.4. The van der Waals surface area contributed by atoms with Crippen LogP contribution in [0.1, 0.15) is 63.0 Å². The van der Waals surface area contributed by atoms with Crippen LogP contribution in [-0.4, -0.2) is 28.5 Å². The van der Waals surface area contributed by atoms with Crippen molar-refractivity contribution in [2.24, 2.45) is 0 Å². The molecule has 0 saturated carbocycles. The van der Waals surface area contributed by atoms with Gasteiger partial charge in [0.1, 0.15) is 12.2 Å². The van der Waals surface area contributed by atoms with E-state index in [1.165, 1.54) is 7.11 Å². The van der Waals surface area contributed by atoms with E-state index < -0.39 is 14.3 Å². The molecule has 0 bridgehead atoms. The predicted molar refractivity (Wildman–Crippen MR) is 144 cm³/mol. The normalized spacial score (nSPS) is 11.9. The Labute approximate surface area is 213 Å². The van der Waals surface area contributed by atoms with Crippen molar-refractivity contribution in [3.63, 3.8) is 0 Å². The molecule has 0 atom stereocenters. The second-order valence-electron chi connectivity index (χ2n) is 9.13. The molecule has 0 heterocycles. The maximum absolute atomic E-state index is 12.5. The average Bonchev–Trinajstić information content (AvgIpc) is 2.77. The highest BCUT2D eigenvalue weighted by Crippen LogP contribution is 2.45. The van der Waals surface area contributed by atoms with E-state index in [2.05, 4.69) is 64.1 Å². The van der Waals surface area contributed by atoms with Gasteiger partial charge in [0.05, 0.1) is 20.8 Å². The molecule has 0 radical (unpaired) electrons. The minimum atomic E-state index is -2.10. The summed E-state index contributed by atoms with van der Waals surface area (Å²) in [6, 6.07) is 11.9. The first-order chi connectivity index (χ1) is 15.6. The Kier molecular flexibility index (Phi) is 10.2. The van der Waals surface area contributed by atoms with E-state index in [1.54, 1.807) is 7.11 Å². The molecule has 2 aromatic rings. The minimum absolute atomic E-state index is 0.354. The molecule has 0 unspecified atom stereocenters. The quantitative estimate of drug-likeness (QED) is 0.157. The summed E-state index contributed by atoms with van der Waals surface area (Å²) in [6.07, 6.45) is 0. The molecule has 0 aliphatic heterocycles. The van der Waals surface area contributed by atoms with E-state index in [-0.39, 0.29) is 0 Å². The zero-order valence-corrected chi connectivity index (χ0v) is 24.2. The highest BCUT2D eigenvalue weighted by molar-refractivity contribution is 14.1. The summed E-state index contributed by atoms with van der Waals surface area (Å²) >= 11 is 2.15. The number of ether oxygens (including phenoxy) is 3. The summed E-state index contributed by atoms with van der Waals surface area (Å²) < 4.78 is 24.6. The maximum Gasteiger partial charge on any atom is 0.342 e. The van der Waals surface area contributed by atoms with Gasteiger partial charge in [0.15, 0.2) is 11.5 Å². The molecule has 2 rings (SSSR count). The number of halogens is 1. The number of hydrogen-bond acceptors (Lipinski definition) is 5.